The molecule has 3 heterocycles. The van der Waals surface area contributed by atoms with Crippen molar-refractivity contribution in [2.24, 2.45) is 5.92 Å². The lowest BCUT2D eigenvalue weighted by Crippen LogP contribution is -2.55. The molecule has 0 bridgehead atoms. The van der Waals surface area contributed by atoms with Gasteiger partial charge in [0, 0.05) is 68.3 Å². The molecule has 1 atom stereocenters. The van der Waals surface area contributed by atoms with E-state index < -0.39 is 0 Å². The van der Waals surface area contributed by atoms with Crippen LogP contribution in [0.4, 0.5) is 5.69 Å². The van der Waals surface area contributed by atoms with Gasteiger partial charge in [0.1, 0.15) is 6.07 Å². The molecule has 0 unspecified atom stereocenters. The van der Waals surface area contributed by atoms with E-state index in [1.54, 1.807) is 19.1 Å². The predicted octanol–water partition coefficient (Wildman–Crippen LogP) is 3.94. The fraction of sp³-hybridized carbons (Fsp3) is 0.481. The van der Waals surface area contributed by atoms with Crippen LogP contribution in [0, 0.1) is 31.1 Å². The van der Waals surface area contributed by atoms with E-state index in [-0.39, 0.29) is 23.8 Å². The number of benzene rings is 1. The largest absolute Gasteiger partial charge is 0.381 e. The summed E-state index contributed by atoms with van der Waals surface area (Å²) >= 11 is 6.43. The third kappa shape index (κ3) is 5.86. The van der Waals surface area contributed by atoms with Gasteiger partial charge >= 0.3 is 0 Å². The maximum absolute atomic E-state index is 13.0. The van der Waals surface area contributed by atoms with Crippen molar-refractivity contribution in [2.75, 3.05) is 38.2 Å². The number of ether oxygens (including phenoxy) is 1. The zero-order chi connectivity index (χ0) is 25.8. The van der Waals surface area contributed by atoms with E-state index in [0.29, 0.717) is 53.8 Å². The van der Waals surface area contributed by atoms with Crippen LogP contribution in [-0.4, -0.2) is 65.5 Å². The smallest absolute Gasteiger partial charge is 0.257 e. The number of nitriles is 1. The Kier molecular flexibility index (Phi) is 8.24. The standard InChI is InChI=1S/C27H32ClN5O3/c1-17-15-32(6-7-33(17)27(35)20-4-8-36-9-5-20)16-23-11-24(28)12-25(18(23)2)31-26(34)22-10-21(13-29)19(3)30-14-22/h10-12,14,17,20H,4-9,15-16H2,1-3H3,(H,31,34)/t17-/m0/s1. The first-order valence-electron chi connectivity index (χ1n) is 12.3. The third-order valence-corrected chi connectivity index (χ3v) is 7.38. The van der Waals surface area contributed by atoms with Crippen LogP contribution in [-0.2, 0) is 16.1 Å². The van der Waals surface area contributed by atoms with Crippen molar-refractivity contribution in [3.05, 3.63) is 57.4 Å². The first-order valence-corrected chi connectivity index (χ1v) is 12.7. The van der Waals surface area contributed by atoms with E-state index in [4.69, 9.17) is 16.3 Å². The molecule has 0 aliphatic carbocycles. The highest BCUT2D eigenvalue weighted by Gasteiger charge is 2.32. The molecule has 8 nitrogen and oxygen atoms in total. The van der Waals surface area contributed by atoms with Crippen molar-refractivity contribution in [2.45, 2.75) is 46.2 Å². The number of aryl methyl sites for hydroxylation is 1. The summed E-state index contributed by atoms with van der Waals surface area (Å²) in [5.74, 6) is -0.0224. The fourth-order valence-corrected chi connectivity index (χ4v) is 5.16. The fourth-order valence-electron chi connectivity index (χ4n) is 4.92. The molecule has 9 heteroatoms. The number of amides is 2. The number of hydrogen-bond acceptors (Lipinski definition) is 6. The topological polar surface area (TPSA) is 98.6 Å². The number of rotatable bonds is 5. The lowest BCUT2D eigenvalue weighted by atomic mass is 9.97. The Bertz CT molecular complexity index is 1190. The van der Waals surface area contributed by atoms with Gasteiger partial charge in [0.15, 0.2) is 0 Å². The quantitative estimate of drug-likeness (QED) is 0.655. The second-order valence-electron chi connectivity index (χ2n) is 9.66. The zero-order valence-corrected chi connectivity index (χ0v) is 21.8. The molecule has 0 radical (unpaired) electrons. The van der Waals surface area contributed by atoms with Crippen molar-refractivity contribution in [1.29, 1.82) is 5.26 Å². The Morgan fingerprint density at radius 1 is 1.22 bits per heavy atom. The average Bonchev–Trinajstić information content (AvgIpc) is 2.87. The molecular weight excluding hydrogens is 478 g/mol. The van der Waals surface area contributed by atoms with Crippen LogP contribution in [0.1, 0.15) is 52.5 Å². The summed E-state index contributed by atoms with van der Waals surface area (Å²) in [6, 6.07) is 7.39. The van der Waals surface area contributed by atoms with E-state index in [2.05, 4.69) is 28.2 Å². The number of nitrogens with zero attached hydrogens (tertiary/aromatic N) is 4. The lowest BCUT2D eigenvalue weighted by Gasteiger charge is -2.42. The molecular formula is C27H32ClN5O3. The van der Waals surface area contributed by atoms with E-state index in [9.17, 15) is 14.9 Å². The monoisotopic (exact) mass is 509 g/mol. The van der Waals surface area contributed by atoms with Gasteiger partial charge in [0.2, 0.25) is 5.91 Å². The average molecular weight is 510 g/mol. The van der Waals surface area contributed by atoms with Gasteiger partial charge in [-0.3, -0.25) is 19.5 Å². The third-order valence-electron chi connectivity index (χ3n) is 7.16. The second-order valence-corrected chi connectivity index (χ2v) is 10.1. The van der Waals surface area contributed by atoms with Crippen LogP contribution < -0.4 is 5.32 Å². The molecule has 1 aromatic heterocycles. The molecule has 36 heavy (non-hydrogen) atoms. The van der Waals surface area contributed by atoms with E-state index in [0.717, 1.165) is 37.1 Å². The minimum atomic E-state index is -0.343. The summed E-state index contributed by atoms with van der Waals surface area (Å²) in [7, 11) is 0. The molecule has 0 spiro atoms. The minimum Gasteiger partial charge on any atom is -0.381 e. The summed E-state index contributed by atoms with van der Waals surface area (Å²) in [5, 5.41) is 12.7. The lowest BCUT2D eigenvalue weighted by molar-refractivity contribution is -0.143. The highest BCUT2D eigenvalue weighted by atomic mass is 35.5. The molecule has 2 saturated heterocycles. The molecule has 0 saturated carbocycles. The SMILES string of the molecule is Cc1ncc(C(=O)Nc2cc(Cl)cc(CN3CCN(C(=O)C4CCOCC4)[C@@H](C)C3)c2C)cc1C#N. The van der Waals surface area contributed by atoms with Crippen LogP contribution in [0.25, 0.3) is 0 Å². The van der Waals surface area contributed by atoms with Crippen LogP contribution in [0.15, 0.2) is 24.4 Å². The van der Waals surface area contributed by atoms with Crippen molar-refractivity contribution < 1.29 is 14.3 Å². The minimum absolute atomic E-state index is 0.0714. The van der Waals surface area contributed by atoms with Crippen LogP contribution in [0.3, 0.4) is 0 Å². The van der Waals surface area contributed by atoms with Crippen LogP contribution >= 0.6 is 11.6 Å². The Balaban J connectivity index is 1.43. The molecule has 2 aromatic rings. The Morgan fingerprint density at radius 2 is 1.97 bits per heavy atom. The van der Waals surface area contributed by atoms with Gasteiger partial charge in [-0.25, -0.2) is 0 Å². The summed E-state index contributed by atoms with van der Waals surface area (Å²) < 4.78 is 5.41. The summed E-state index contributed by atoms with van der Waals surface area (Å²) in [6.45, 7) is 10.0. The molecule has 1 N–H and O–H groups in total. The first-order chi connectivity index (χ1) is 17.3. The molecule has 190 valence electrons. The maximum atomic E-state index is 13.0. The predicted molar refractivity (Wildman–Crippen MR) is 138 cm³/mol. The molecule has 1 aromatic carbocycles. The van der Waals surface area contributed by atoms with Crippen molar-refractivity contribution >= 4 is 29.1 Å². The normalized spacial score (nSPS) is 19.1. The molecule has 2 amide bonds. The van der Waals surface area contributed by atoms with Gasteiger partial charge in [-0.1, -0.05) is 11.6 Å². The van der Waals surface area contributed by atoms with Gasteiger partial charge < -0.3 is 15.0 Å². The number of carbonyl (C=O) groups is 2. The summed E-state index contributed by atoms with van der Waals surface area (Å²) in [6.07, 6.45) is 3.08. The number of nitrogens with one attached hydrogen (secondary N) is 1. The Morgan fingerprint density at radius 3 is 2.67 bits per heavy atom. The van der Waals surface area contributed by atoms with Crippen LogP contribution in [0.5, 0.6) is 0 Å². The van der Waals surface area contributed by atoms with Crippen LogP contribution in [0.2, 0.25) is 5.02 Å². The van der Waals surface area contributed by atoms with Gasteiger partial charge in [-0.15, -0.1) is 0 Å². The van der Waals surface area contributed by atoms with E-state index >= 15 is 0 Å². The van der Waals surface area contributed by atoms with Gasteiger partial charge in [-0.05, 0) is 62.9 Å². The van der Waals surface area contributed by atoms with Crippen molar-refractivity contribution in [3.8, 4) is 6.07 Å². The number of carbonyl (C=O) groups excluding carboxylic acids is 2. The van der Waals surface area contributed by atoms with E-state index in [1.165, 1.54) is 6.20 Å². The van der Waals surface area contributed by atoms with E-state index in [1.807, 2.05) is 17.9 Å². The highest BCUT2D eigenvalue weighted by molar-refractivity contribution is 6.31. The molecule has 4 rings (SSSR count). The summed E-state index contributed by atoms with van der Waals surface area (Å²) in [5.41, 5.74) is 3.85. The number of hydrogen-bond donors (Lipinski definition) is 1. The summed E-state index contributed by atoms with van der Waals surface area (Å²) in [4.78, 5) is 34.4. The molecule has 2 aliphatic heterocycles. The maximum Gasteiger partial charge on any atom is 0.257 e. The highest BCUT2D eigenvalue weighted by Crippen LogP contribution is 2.28. The van der Waals surface area contributed by atoms with Crippen molar-refractivity contribution in [1.82, 2.24) is 14.8 Å². The molecule has 2 fully saturated rings. The molecule has 2 aliphatic rings. The Labute approximate surface area is 217 Å². The number of anilines is 1. The first kappa shape index (κ1) is 26.1. The van der Waals surface area contributed by atoms with Crippen molar-refractivity contribution in [3.63, 3.8) is 0 Å². The number of aromatic nitrogens is 1. The number of halogens is 1. The van der Waals surface area contributed by atoms with Gasteiger partial charge in [0.25, 0.3) is 5.91 Å². The Hall–Kier alpha value is -2.99. The van der Waals surface area contributed by atoms with Gasteiger partial charge in [0.05, 0.1) is 16.8 Å². The number of piperazine rings is 1. The zero-order valence-electron chi connectivity index (χ0n) is 21.0. The van der Waals surface area contributed by atoms with Gasteiger partial charge in [-0.2, -0.15) is 5.26 Å². The second kappa shape index (κ2) is 11.4. The number of pyridine rings is 1.